The second-order valence-electron chi connectivity index (χ2n) is 4.21. The molecule has 6 nitrogen and oxygen atoms in total. The average molecular weight is 248 g/mol. The molecule has 0 fully saturated rings. The second kappa shape index (κ2) is 5.24. The summed E-state index contributed by atoms with van der Waals surface area (Å²) in [4.78, 5) is 8.23. The van der Waals surface area contributed by atoms with Crippen LogP contribution in [0.1, 0.15) is 19.7 Å². The summed E-state index contributed by atoms with van der Waals surface area (Å²) in [5, 5.41) is 3.91. The van der Waals surface area contributed by atoms with Crippen molar-refractivity contribution in [3.05, 3.63) is 30.4 Å². The number of hydrogen-bond acceptors (Lipinski definition) is 6. The van der Waals surface area contributed by atoms with E-state index in [1.54, 1.807) is 24.5 Å². The number of nitrogens with two attached hydrogens (primary N) is 1. The Labute approximate surface area is 105 Å². The van der Waals surface area contributed by atoms with Gasteiger partial charge in [0.1, 0.15) is 5.54 Å². The van der Waals surface area contributed by atoms with Crippen LogP contribution in [0.2, 0.25) is 0 Å². The number of rotatable bonds is 5. The van der Waals surface area contributed by atoms with Crippen molar-refractivity contribution in [1.29, 1.82) is 0 Å². The molecule has 18 heavy (non-hydrogen) atoms. The van der Waals surface area contributed by atoms with Gasteiger partial charge in [-0.15, -0.1) is 0 Å². The molecule has 2 aromatic rings. The molecule has 0 spiro atoms. The normalized spacial score (nSPS) is 14.4. The lowest BCUT2D eigenvalue weighted by Crippen LogP contribution is -2.39. The zero-order chi connectivity index (χ0) is 13.0. The largest absolute Gasteiger partial charge is 0.379 e. The molecule has 0 saturated carbocycles. The molecule has 2 heterocycles. The van der Waals surface area contributed by atoms with Crippen LogP contribution in [0.4, 0.5) is 0 Å². The molecule has 1 unspecified atom stereocenters. The van der Waals surface area contributed by atoms with Crippen molar-refractivity contribution >= 4 is 0 Å². The summed E-state index contributed by atoms with van der Waals surface area (Å²) in [7, 11) is 0. The molecule has 0 aliphatic rings. The van der Waals surface area contributed by atoms with Gasteiger partial charge >= 0.3 is 0 Å². The molecule has 2 rings (SSSR count). The number of pyridine rings is 1. The third-order valence-corrected chi connectivity index (χ3v) is 2.47. The van der Waals surface area contributed by atoms with Crippen molar-refractivity contribution < 1.29 is 9.26 Å². The predicted octanol–water partition coefficient (Wildman–Crippen LogP) is 1.34. The lowest BCUT2D eigenvalue weighted by atomic mass is 10.1. The van der Waals surface area contributed by atoms with Crippen molar-refractivity contribution in [3.8, 4) is 11.5 Å². The van der Waals surface area contributed by atoms with Gasteiger partial charge in [-0.1, -0.05) is 5.16 Å². The maximum Gasteiger partial charge on any atom is 0.258 e. The minimum Gasteiger partial charge on any atom is -0.379 e. The maximum absolute atomic E-state index is 6.09. The molecule has 0 aliphatic carbocycles. The van der Waals surface area contributed by atoms with Crippen LogP contribution in [0.15, 0.2) is 29.0 Å². The lowest BCUT2D eigenvalue weighted by molar-refractivity contribution is 0.0962. The Morgan fingerprint density at radius 1 is 1.39 bits per heavy atom. The zero-order valence-corrected chi connectivity index (χ0v) is 10.5. The van der Waals surface area contributed by atoms with E-state index < -0.39 is 5.54 Å². The van der Waals surface area contributed by atoms with Gasteiger partial charge in [-0.3, -0.25) is 4.98 Å². The van der Waals surface area contributed by atoms with Gasteiger partial charge in [0.05, 0.1) is 6.61 Å². The Bertz CT molecular complexity index is 496. The van der Waals surface area contributed by atoms with E-state index in [1.807, 2.05) is 13.8 Å². The summed E-state index contributed by atoms with van der Waals surface area (Å²) in [5.74, 6) is 0.864. The molecule has 96 valence electrons. The fraction of sp³-hybridized carbons (Fsp3) is 0.417. The topological polar surface area (TPSA) is 87.1 Å². The van der Waals surface area contributed by atoms with Crippen molar-refractivity contribution in [2.45, 2.75) is 19.4 Å². The number of aromatic nitrogens is 3. The van der Waals surface area contributed by atoms with Gasteiger partial charge < -0.3 is 15.0 Å². The molecule has 0 bridgehead atoms. The van der Waals surface area contributed by atoms with E-state index in [4.69, 9.17) is 15.0 Å². The van der Waals surface area contributed by atoms with Crippen molar-refractivity contribution in [1.82, 2.24) is 15.1 Å². The average Bonchev–Trinajstić information content (AvgIpc) is 2.88. The molecular formula is C12H16N4O2. The Hall–Kier alpha value is -1.79. The molecule has 2 N–H and O–H groups in total. The van der Waals surface area contributed by atoms with E-state index in [2.05, 4.69) is 15.1 Å². The van der Waals surface area contributed by atoms with Crippen LogP contribution in [0.3, 0.4) is 0 Å². The standard InChI is InChI=1S/C12H16N4O2/c1-3-17-8-12(2,13)11-15-10(18-16-11)9-4-6-14-7-5-9/h4-7H,3,8,13H2,1-2H3. The highest BCUT2D eigenvalue weighted by atomic mass is 16.5. The minimum atomic E-state index is -0.759. The Balaban J connectivity index is 2.20. The summed E-state index contributed by atoms with van der Waals surface area (Å²) in [5.41, 5.74) is 6.15. The van der Waals surface area contributed by atoms with Crippen LogP contribution in [-0.4, -0.2) is 28.3 Å². The van der Waals surface area contributed by atoms with Crippen molar-refractivity contribution in [2.75, 3.05) is 13.2 Å². The van der Waals surface area contributed by atoms with E-state index in [1.165, 1.54) is 0 Å². The van der Waals surface area contributed by atoms with Gasteiger partial charge in [-0.25, -0.2) is 0 Å². The molecule has 2 aromatic heterocycles. The van der Waals surface area contributed by atoms with E-state index in [-0.39, 0.29) is 0 Å². The van der Waals surface area contributed by atoms with E-state index in [9.17, 15) is 0 Å². The highest BCUT2D eigenvalue weighted by Gasteiger charge is 2.28. The van der Waals surface area contributed by atoms with Crippen molar-refractivity contribution in [3.63, 3.8) is 0 Å². The SMILES string of the molecule is CCOCC(C)(N)c1noc(-c2ccncc2)n1. The molecule has 0 aromatic carbocycles. The van der Waals surface area contributed by atoms with Crippen LogP contribution in [0.5, 0.6) is 0 Å². The number of hydrogen-bond donors (Lipinski definition) is 1. The molecule has 1 atom stereocenters. The second-order valence-corrected chi connectivity index (χ2v) is 4.21. The first-order chi connectivity index (χ1) is 8.63. The number of nitrogens with zero attached hydrogens (tertiary/aromatic N) is 3. The van der Waals surface area contributed by atoms with Crippen LogP contribution in [0, 0.1) is 0 Å². The predicted molar refractivity (Wildman–Crippen MR) is 65.6 cm³/mol. The van der Waals surface area contributed by atoms with E-state index >= 15 is 0 Å². The summed E-state index contributed by atoms with van der Waals surface area (Å²) >= 11 is 0. The van der Waals surface area contributed by atoms with Crippen LogP contribution in [0.25, 0.3) is 11.5 Å². The zero-order valence-electron chi connectivity index (χ0n) is 10.5. The number of ether oxygens (including phenoxy) is 1. The first kappa shape index (κ1) is 12.7. The molecule has 0 aliphatic heterocycles. The Kier molecular flexibility index (Phi) is 3.69. The molecule has 0 saturated heterocycles. The smallest absolute Gasteiger partial charge is 0.258 e. The summed E-state index contributed by atoms with van der Waals surface area (Å²) in [6, 6.07) is 3.60. The van der Waals surface area contributed by atoms with Crippen LogP contribution >= 0.6 is 0 Å². The lowest BCUT2D eigenvalue weighted by Gasteiger charge is -2.19. The molecular weight excluding hydrogens is 232 g/mol. The van der Waals surface area contributed by atoms with Gasteiger partial charge in [-0.2, -0.15) is 4.98 Å². The van der Waals surface area contributed by atoms with Gasteiger partial charge in [0, 0.05) is 24.6 Å². The highest BCUT2D eigenvalue weighted by Crippen LogP contribution is 2.20. The first-order valence-electron chi connectivity index (χ1n) is 5.74. The quantitative estimate of drug-likeness (QED) is 0.859. The fourth-order valence-corrected chi connectivity index (χ4v) is 1.45. The third-order valence-electron chi connectivity index (χ3n) is 2.47. The van der Waals surface area contributed by atoms with Crippen LogP contribution in [-0.2, 0) is 10.3 Å². The maximum atomic E-state index is 6.09. The Morgan fingerprint density at radius 2 is 2.11 bits per heavy atom. The van der Waals surface area contributed by atoms with Crippen molar-refractivity contribution in [2.24, 2.45) is 5.73 Å². The molecule has 0 amide bonds. The Morgan fingerprint density at radius 3 is 2.78 bits per heavy atom. The fourth-order valence-electron chi connectivity index (χ4n) is 1.45. The highest BCUT2D eigenvalue weighted by molar-refractivity contribution is 5.51. The molecule has 0 radical (unpaired) electrons. The summed E-state index contributed by atoms with van der Waals surface area (Å²) < 4.78 is 10.5. The van der Waals surface area contributed by atoms with Crippen LogP contribution < -0.4 is 5.73 Å². The summed E-state index contributed by atoms with van der Waals surface area (Å²) in [6.07, 6.45) is 3.34. The first-order valence-corrected chi connectivity index (χ1v) is 5.74. The van der Waals surface area contributed by atoms with E-state index in [0.717, 1.165) is 5.56 Å². The van der Waals surface area contributed by atoms with E-state index in [0.29, 0.717) is 24.9 Å². The van der Waals surface area contributed by atoms with Gasteiger partial charge in [0.15, 0.2) is 5.82 Å². The third kappa shape index (κ3) is 2.72. The summed E-state index contributed by atoms with van der Waals surface area (Å²) in [6.45, 7) is 4.67. The van der Waals surface area contributed by atoms with Gasteiger partial charge in [-0.05, 0) is 26.0 Å². The van der Waals surface area contributed by atoms with Gasteiger partial charge in [0.2, 0.25) is 0 Å². The molecule has 6 heteroatoms. The van der Waals surface area contributed by atoms with Gasteiger partial charge in [0.25, 0.3) is 5.89 Å². The monoisotopic (exact) mass is 248 g/mol. The minimum absolute atomic E-state index is 0.346.